The number of carbonyl (C=O) groups is 1. The smallest absolute Gasteiger partial charge is 0.355 e. The normalized spacial score (nSPS) is 11.2. The molecule has 0 spiro atoms. The van der Waals surface area contributed by atoms with E-state index in [1.165, 1.54) is 6.07 Å². The number of aromatic amines is 1. The summed E-state index contributed by atoms with van der Waals surface area (Å²) >= 11 is 6.17. The Morgan fingerprint density at radius 2 is 2.00 bits per heavy atom. The van der Waals surface area contributed by atoms with Gasteiger partial charge in [0.2, 0.25) is 0 Å². The lowest BCUT2D eigenvalue weighted by atomic mass is 10.1. The van der Waals surface area contributed by atoms with Crippen LogP contribution in [-0.2, 0) is 11.3 Å². The van der Waals surface area contributed by atoms with Crippen LogP contribution in [0.2, 0.25) is 5.02 Å². The first-order valence-corrected chi connectivity index (χ1v) is 8.37. The zero-order chi connectivity index (χ0) is 18.3. The number of para-hydroxylation sites is 1. The van der Waals surface area contributed by atoms with Gasteiger partial charge in [-0.1, -0.05) is 29.8 Å². The third-order valence-corrected chi connectivity index (χ3v) is 4.63. The van der Waals surface area contributed by atoms with Crippen molar-refractivity contribution in [1.82, 2.24) is 4.98 Å². The van der Waals surface area contributed by atoms with Gasteiger partial charge in [0.05, 0.1) is 0 Å². The topological polar surface area (TPSA) is 72.3 Å². The minimum Gasteiger partial charge on any atom is -0.456 e. The summed E-state index contributed by atoms with van der Waals surface area (Å²) in [5.74, 6) is -0.499. The Morgan fingerprint density at radius 1 is 1.19 bits per heavy atom. The fourth-order valence-electron chi connectivity index (χ4n) is 2.87. The molecule has 0 aliphatic rings. The van der Waals surface area contributed by atoms with Crippen molar-refractivity contribution in [3.05, 3.63) is 80.8 Å². The predicted octanol–water partition coefficient (Wildman–Crippen LogP) is 4.59. The Labute approximate surface area is 153 Å². The lowest BCUT2D eigenvalue weighted by Crippen LogP contribution is -2.08. The van der Waals surface area contributed by atoms with Crippen LogP contribution in [0.5, 0.6) is 0 Å². The Morgan fingerprint density at radius 3 is 2.81 bits per heavy atom. The average molecular weight is 368 g/mol. The second-order valence-electron chi connectivity index (χ2n) is 6.03. The van der Waals surface area contributed by atoms with Crippen LogP contribution in [0.15, 0.2) is 57.7 Å². The Balaban J connectivity index is 1.64. The van der Waals surface area contributed by atoms with E-state index in [0.717, 1.165) is 16.5 Å². The number of esters is 1. The van der Waals surface area contributed by atoms with Crippen LogP contribution in [-0.4, -0.2) is 11.0 Å². The van der Waals surface area contributed by atoms with E-state index in [2.05, 4.69) is 4.98 Å². The van der Waals surface area contributed by atoms with E-state index in [-0.39, 0.29) is 6.61 Å². The second-order valence-corrected chi connectivity index (χ2v) is 6.44. The monoisotopic (exact) mass is 367 g/mol. The number of hydrogen-bond donors (Lipinski definition) is 1. The molecule has 5 nitrogen and oxygen atoms in total. The highest BCUT2D eigenvalue weighted by atomic mass is 35.5. The quantitative estimate of drug-likeness (QED) is 0.424. The molecule has 4 rings (SSSR count). The SMILES string of the molecule is Cc1cc2oc(=O)cc(COC(=O)c3cc4ccccc4[nH]3)c2cc1Cl. The molecule has 2 heterocycles. The Bertz CT molecular complexity index is 1170. The molecule has 0 atom stereocenters. The molecule has 0 bridgehead atoms. The summed E-state index contributed by atoms with van der Waals surface area (Å²) in [4.78, 5) is 27.2. The van der Waals surface area contributed by atoms with Gasteiger partial charge in [0.15, 0.2) is 0 Å². The number of ether oxygens (including phenoxy) is 1. The van der Waals surface area contributed by atoms with Crippen LogP contribution in [0, 0.1) is 6.92 Å². The van der Waals surface area contributed by atoms with Crippen molar-refractivity contribution in [2.24, 2.45) is 0 Å². The van der Waals surface area contributed by atoms with Crippen LogP contribution < -0.4 is 5.63 Å². The van der Waals surface area contributed by atoms with E-state index in [0.29, 0.717) is 27.2 Å². The molecule has 0 aliphatic carbocycles. The molecule has 2 aromatic heterocycles. The van der Waals surface area contributed by atoms with Gasteiger partial charge < -0.3 is 14.1 Å². The molecule has 6 heteroatoms. The van der Waals surface area contributed by atoms with E-state index >= 15 is 0 Å². The summed E-state index contributed by atoms with van der Waals surface area (Å²) in [6.07, 6.45) is 0. The summed E-state index contributed by atoms with van der Waals surface area (Å²) in [6.45, 7) is 1.76. The minimum atomic E-state index is -0.504. The molecule has 0 amide bonds. The number of carbonyl (C=O) groups excluding carboxylic acids is 1. The number of halogens is 1. The van der Waals surface area contributed by atoms with Crippen molar-refractivity contribution < 1.29 is 13.9 Å². The molecule has 1 N–H and O–H groups in total. The molecular formula is C20H14ClNO4. The van der Waals surface area contributed by atoms with Gasteiger partial charge in [0.1, 0.15) is 17.9 Å². The van der Waals surface area contributed by atoms with E-state index in [1.807, 2.05) is 31.2 Å². The van der Waals surface area contributed by atoms with Gasteiger partial charge >= 0.3 is 11.6 Å². The fraction of sp³-hybridized carbons (Fsp3) is 0.100. The lowest BCUT2D eigenvalue weighted by Gasteiger charge is -2.08. The van der Waals surface area contributed by atoms with Gasteiger partial charge in [-0.3, -0.25) is 0 Å². The third-order valence-electron chi connectivity index (χ3n) is 4.22. The van der Waals surface area contributed by atoms with Crippen LogP contribution in [0.3, 0.4) is 0 Å². The standard InChI is InChI=1S/C20H14ClNO4/c1-11-6-18-14(9-15(11)21)13(8-19(23)26-18)10-25-20(24)17-7-12-4-2-3-5-16(12)22-17/h2-9,22H,10H2,1H3. The predicted molar refractivity (Wildman–Crippen MR) is 99.6 cm³/mol. The molecule has 2 aromatic carbocycles. The maximum absolute atomic E-state index is 12.3. The van der Waals surface area contributed by atoms with Crippen molar-refractivity contribution in [2.75, 3.05) is 0 Å². The van der Waals surface area contributed by atoms with E-state index in [1.54, 1.807) is 18.2 Å². The largest absolute Gasteiger partial charge is 0.456 e. The van der Waals surface area contributed by atoms with Crippen molar-refractivity contribution in [2.45, 2.75) is 13.5 Å². The molecule has 130 valence electrons. The summed E-state index contributed by atoms with van der Waals surface area (Å²) in [5, 5.41) is 2.12. The molecule has 0 saturated heterocycles. The van der Waals surface area contributed by atoms with E-state index < -0.39 is 11.6 Å². The summed E-state index contributed by atoms with van der Waals surface area (Å²) in [6, 6.07) is 14.0. The number of nitrogens with one attached hydrogen (secondary N) is 1. The number of H-pyrrole nitrogens is 1. The van der Waals surface area contributed by atoms with Crippen molar-refractivity contribution >= 4 is 39.4 Å². The maximum Gasteiger partial charge on any atom is 0.355 e. The Hall–Kier alpha value is -3.05. The van der Waals surface area contributed by atoms with Gasteiger partial charge in [-0.2, -0.15) is 0 Å². The van der Waals surface area contributed by atoms with Gasteiger partial charge in [0.25, 0.3) is 0 Å². The molecule has 0 saturated carbocycles. The molecule has 0 unspecified atom stereocenters. The van der Waals surface area contributed by atoms with Crippen molar-refractivity contribution in [3.63, 3.8) is 0 Å². The number of benzene rings is 2. The van der Waals surface area contributed by atoms with Gasteiger partial charge in [-0.15, -0.1) is 0 Å². The lowest BCUT2D eigenvalue weighted by molar-refractivity contribution is 0.0468. The first kappa shape index (κ1) is 16.4. The number of hydrogen-bond acceptors (Lipinski definition) is 4. The molecular weight excluding hydrogens is 354 g/mol. The van der Waals surface area contributed by atoms with Crippen LogP contribution in [0.1, 0.15) is 21.6 Å². The van der Waals surface area contributed by atoms with Gasteiger partial charge in [-0.05, 0) is 36.8 Å². The number of fused-ring (bicyclic) bond motifs is 2. The first-order valence-electron chi connectivity index (χ1n) is 7.99. The first-order chi connectivity index (χ1) is 12.5. The molecule has 0 fully saturated rings. The summed E-state index contributed by atoms with van der Waals surface area (Å²) in [5.41, 5.74) is 2.46. The zero-order valence-electron chi connectivity index (χ0n) is 13.8. The van der Waals surface area contributed by atoms with Crippen LogP contribution in [0.4, 0.5) is 0 Å². The Kier molecular flexibility index (Phi) is 4.01. The maximum atomic E-state index is 12.3. The highest BCUT2D eigenvalue weighted by Gasteiger charge is 2.14. The van der Waals surface area contributed by atoms with Gasteiger partial charge in [-0.25, -0.2) is 9.59 Å². The van der Waals surface area contributed by atoms with Crippen molar-refractivity contribution in [3.8, 4) is 0 Å². The zero-order valence-corrected chi connectivity index (χ0v) is 14.6. The molecule has 0 aliphatic heterocycles. The number of aryl methyl sites for hydroxylation is 1. The fourth-order valence-corrected chi connectivity index (χ4v) is 3.04. The summed E-state index contributed by atoms with van der Waals surface area (Å²) < 4.78 is 10.6. The van der Waals surface area contributed by atoms with Crippen molar-refractivity contribution in [1.29, 1.82) is 0 Å². The number of aromatic nitrogens is 1. The number of rotatable bonds is 3. The van der Waals surface area contributed by atoms with Gasteiger partial charge in [0, 0.05) is 32.9 Å². The molecule has 26 heavy (non-hydrogen) atoms. The minimum absolute atomic E-state index is 0.0598. The van der Waals surface area contributed by atoms with Crippen LogP contribution >= 0.6 is 11.6 Å². The molecule has 0 radical (unpaired) electrons. The highest BCUT2D eigenvalue weighted by molar-refractivity contribution is 6.32. The van der Waals surface area contributed by atoms with Crippen LogP contribution in [0.25, 0.3) is 21.9 Å². The van der Waals surface area contributed by atoms with E-state index in [4.69, 9.17) is 20.8 Å². The second kappa shape index (κ2) is 6.35. The molecule has 4 aromatic rings. The highest BCUT2D eigenvalue weighted by Crippen LogP contribution is 2.26. The summed E-state index contributed by atoms with van der Waals surface area (Å²) in [7, 11) is 0. The average Bonchev–Trinajstić information content (AvgIpc) is 3.05. The van der Waals surface area contributed by atoms with E-state index in [9.17, 15) is 9.59 Å². The third kappa shape index (κ3) is 2.97.